The van der Waals surface area contributed by atoms with Crippen molar-refractivity contribution in [3.63, 3.8) is 0 Å². The molecule has 1 N–H and O–H groups in total. The molecule has 5 nitrogen and oxygen atoms in total. The Morgan fingerprint density at radius 1 is 1.12 bits per heavy atom. The Labute approximate surface area is 150 Å². The van der Waals surface area contributed by atoms with E-state index < -0.39 is 5.60 Å². The van der Waals surface area contributed by atoms with Crippen LogP contribution in [0.1, 0.15) is 30.1 Å². The summed E-state index contributed by atoms with van der Waals surface area (Å²) in [7, 11) is 2.15. The highest BCUT2D eigenvalue weighted by molar-refractivity contribution is 5.94. The van der Waals surface area contributed by atoms with E-state index >= 15 is 0 Å². The molecule has 0 radical (unpaired) electrons. The van der Waals surface area contributed by atoms with E-state index in [1.165, 1.54) is 5.69 Å². The number of benzene rings is 1. The number of rotatable bonds is 3. The third-order valence-electron chi connectivity index (χ3n) is 6.35. The molecule has 2 heterocycles. The van der Waals surface area contributed by atoms with Gasteiger partial charge in [0.05, 0.1) is 12.1 Å². The van der Waals surface area contributed by atoms with Crippen LogP contribution < -0.4 is 4.90 Å². The molecule has 2 saturated heterocycles. The van der Waals surface area contributed by atoms with Gasteiger partial charge in [-0.05, 0) is 50.1 Å². The van der Waals surface area contributed by atoms with Gasteiger partial charge in [0.15, 0.2) is 0 Å². The number of likely N-dealkylation sites (tertiary alicyclic amines) is 1. The molecular formula is C20H29N3O2. The van der Waals surface area contributed by atoms with Crippen molar-refractivity contribution in [2.45, 2.75) is 25.4 Å². The molecule has 0 bridgehead atoms. The molecule has 1 aliphatic carbocycles. The normalized spacial score (nSPS) is 30.8. The summed E-state index contributed by atoms with van der Waals surface area (Å²) >= 11 is 0. The van der Waals surface area contributed by atoms with Crippen LogP contribution in [0.4, 0.5) is 5.69 Å². The zero-order valence-electron chi connectivity index (χ0n) is 15.3. The minimum atomic E-state index is -0.671. The third-order valence-corrected chi connectivity index (χ3v) is 6.35. The van der Waals surface area contributed by atoms with Gasteiger partial charge >= 0.3 is 0 Å². The predicted molar refractivity (Wildman–Crippen MR) is 98.9 cm³/mol. The van der Waals surface area contributed by atoms with Gasteiger partial charge in [0.1, 0.15) is 0 Å². The van der Waals surface area contributed by atoms with Crippen LogP contribution in [0.25, 0.3) is 0 Å². The maximum atomic E-state index is 12.8. The molecule has 4 rings (SSSR count). The summed E-state index contributed by atoms with van der Waals surface area (Å²) in [5.74, 6) is 0.599. The van der Waals surface area contributed by atoms with Crippen molar-refractivity contribution in [2.24, 2.45) is 11.8 Å². The van der Waals surface area contributed by atoms with Crippen LogP contribution in [0.15, 0.2) is 24.3 Å². The minimum Gasteiger partial charge on any atom is -0.387 e. The summed E-state index contributed by atoms with van der Waals surface area (Å²) in [5, 5.41) is 10.9. The zero-order chi connectivity index (χ0) is 17.6. The molecule has 1 amide bonds. The first-order valence-electron chi connectivity index (χ1n) is 9.52. The third kappa shape index (κ3) is 3.15. The number of hydrogen-bond donors (Lipinski definition) is 1. The molecule has 5 heteroatoms. The van der Waals surface area contributed by atoms with Crippen LogP contribution in [-0.4, -0.2) is 72.7 Å². The van der Waals surface area contributed by atoms with Gasteiger partial charge in [-0.3, -0.25) is 4.79 Å². The highest BCUT2D eigenvalue weighted by Gasteiger charge is 2.53. The van der Waals surface area contributed by atoms with Crippen LogP contribution in [0.2, 0.25) is 0 Å². The van der Waals surface area contributed by atoms with Crippen LogP contribution in [-0.2, 0) is 0 Å². The van der Waals surface area contributed by atoms with Gasteiger partial charge in [0, 0.05) is 49.9 Å². The second kappa shape index (κ2) is 6.29. The minimum absolute atomic E-state index is 0.0494. The molecule has 25 heavy (non-hydrogen) atoms. The number of aliphatic hydroxyl groups is 1. The topological polar surface area (TPSA) is 47.0 Å². The van der Waals surface area contributed by atoms with E-state index in [9.17, 15) is 9.90 Å². The Bertz CT molecular complexity index is 635. The average molecular weight is 343 g/mol. The molecule has 136 valence electrons. The standard InChI is InChI=1S/C20H29N3O2/c1-15-13-23(14-20(15,25)17-5-6-17)19(24)16-3-7-18(8-4-16)22-11-9-21(2)10-12-22/h3-4,7-8,15,17,25H,5-6,9-14H2,1-2H3/t15-,20+/m1/s1. The molecule has 0 aromatic heterocycles. The average Bonchev–Trinajstić information content (AvgIpc) is 3.42. The Balaban J connectivity index is 1.43. The first-order valence-corrected chi connectivity index (χ1v) is 9.52. The Morgan fingerprint density at radius 2 is 1.76 bits per heavy atom. The zero-order valence-corrected chi connectivity index (χ0v) is 15.3. The lowest BCUT2D eigenvalue weighted by Gasteiger charge is -2.34. The highest BCUT2D eigenvalue weighted by Crippen LogP contribution is 2.47. The van der Waals surface area contributed by atoms with Crippen molar-refractivity contribution in [3.05, 3.63) is 29.8 Å². The monoisotopic (exact) mass is 343 g/mol. The first-order chi connectivity index (χ1) is 12.0. The largest absolute Gasteiger partial charge is 0.387 e. The van der Waals surface area contributed by atoms with E-state index in [0.717, 1.165) is 44.6 Å². The fourth-order valence-corrected chi connectivity index (χ4v) is 4.35. The fraction of sp³-hybridized carbons (Fsp3) is 0.650. The Kier molecular flexibility index (Phi) is 4.24. The Hall–Kier alpha value is -1.59. The summed E-state index contributed by atoms with van der Waals surface area (Å²) in [6.07, 6.45) is 2.20. The Morgan fingerprint density at radius 3 is 2.36 bits per heavy atom. The quantitative estimate of drug-likeness (QED) is 0.907. The number of carbonyl (C=O) groups excluding carboxylic acids is 1. The summed E-state index contributed by atoms with van der Waals surface area (Å²) in [6, 6.07) is 8.00. The maximum absolute atomic E-state index is 12.8. The molecule has 3 aliphatic rings. The van der Waals surface area contributed by atoms with Crippen molar-refractivity contribution < 1.29 is 9.90 Å². The lowest BCUT2D eigenvalue weighted by atomic mass is 9.88. The SMILES string of the molecule is C[C@@H]1CN(C(=O)c2ccc(N3CCN(C)CC3)cc2)C[C@@]1(O)C1CC1. The fourth-order valence-electron chi connectivity index (χ4n) is 4.35. The molecule has 0 unspecified atom stereocenters. The van der Waals surface area contributed by atoms with Crippen molar-refractivity contribution in [2.75, 3.05) is 51.2 Å². The van der Waals surface area contributed by atoms with Crippen molar-refractivity contribution in [1.29, 1.82) is 0 Å². The number of anilines is 1. The van der Waals surface area contributed by atoms with Gasteiger partial charge in [0.2, 0.25) is 0 Å². The van der Waals surface area contributed by atoms with Gasteiger partial charge < -0.3 is 19.8 Å². The molecule has 1 aromatic carbocycles. The van der Waals surface area contributed by atoms with Gasteiger partial charge in [-0.2, -0.15) is 0 Å². The number of amides is 1. The molecule has 2 aliphatic heterocycles. The number of carbonyl (C=O) groups is 1. The smallest absolute Gasteiger partial charge is 0.253 e. The van der Waals surface area contributed by atoms with Gasteiger partial charge in [-0.1, -0.05) is 6.92 Å². The second-order valence-corrected chi connectivity index (χ2v) is 8.19. The lowest BCUT2D eigenvalue weighted by Crippen LogP contribution is -2.44. The number of piperazine rings is 1. The van der Waals surface area contributed by atoms with Crippen LogP contribution in [0.5, 0.6) is 0 Å². The summed E-state index contributed by atoms with van der Waals surface area (Å²) in [4.78, 5) is 19.4. The van der Waals surface area contributed by atoms with E-state index in [2.05, 4.69) is 35.9 Å². The van der Waals surface area contributed by atoms with E-state index in [4.69, 9.17) is 0 Å². The van der Waals surface area contributed by atoms with E-state index in [1.54, 1.807) is 0 Å². The molecular weight excluding hydrogens is 314 g/mol. The number of likely N-dealkylation sites (N-methyl/N-ethyl adjacent to an activating group) is 1. The highest BCUT2D eigenvalue weighted by atomic mass is 16.3. The molecule has 2 atom stereocenters. The van der Waals surface area contributed by atoms with Gasteiger partial charge in [-0.25, -0.2) is 0 Å². The molecule has 0 spiro atoms. The number of nitrogens with zero attached hydrogens (tertiary/aromatic N) is 3. The number of β-amino-alcohol motifs (C(OH)–C–C–N with tert-alkyl or cyclic N) is 1. The molecule has 1 aromatic rings. The summed E-state index contributed by atoms with van der Waals surface area (Å²) in [6.45, 7) is 7.42. The van der Waals surface area contributed by atoms with Crippen LogP contribution in [0.3, 0.4) is 0 Å². The van der Waals surface area contributed by atoms with Gasteiger partial charge in [-0.15, -0.1) is 0 Å². The van der Waals surface area contributed by atoms with E-state index in [1.807, 2.05) is 17.0 Å². The summed E-state index contributed by atoms with van der Waals surface area (Å²) < 4.78 is 0. The number of hydrogen-bond acceptors (Lipinski definition) is 4. The second-order valence-electron chi connectivity index (χ2n) is 8.19. The van der Waals surface area contributed by atoms with Crippen molar-refractivity contribution in [3.8, 4) is 0 Å². The van der Waals surface area contributed by atoms with Crippen LogP contribution >= 0.6 is 0 Å². The predicted octanol–water partition coefficient (Wildman–Crippen LogP) is 1.67. The molecule has 3 fully saturated rings. The van der Waals surface area contributed by atoms with Gasteiger partial charge in [0.25, 0.3) is 5.91 Å². The van der Waals surface area contributed by atoms with Crippen molar-refractivity contribution >= 4 is 11.6 Å². The summed E-state index contributed by atoms with van der Waals surface area (Å²) in [5.41, 5.74) is 1.24. The van der Waals surface area contributed by atoms with E-state index in [-0.39, 0.29) is 11.8 Å². The van der Waals surface area contributed by atoms with E-state index in [0.29, 0.717) is 19.0 Å². The first kappa shape index (κ1) is 16.9. The molecule has 1 saturated carbocycles. The van der Waals surface area contributed by atoms with Crippen molar-refractivity contribution in [1.82, 2.24) is 9.80 Å². The lowest BCUT2D eigenvalue weighted by molar-refractivity contribution is -0.00364. The van der Waals surface area contributed by atoms with Crippen LogP contribution in [0, 0.1) is 11.8 Å². The maximum Gasteiger partial charge on any atom is 0.253 e.